The van der Waals surface area contributed by atoms with Crippen LogP contribution in [0.2, 0.25) is 0 Å². The summed E-state index contributed by atoms with van der Waals surface area (Å²) >= 11 is 0. The quantitative estimate of drug-likeness (QED) is 0.317. The van der Waals surface area contributed by atoms with E-state index in [4.69, 9.17) is 9.47 Å². The summed E-state index contributed by atoms with van der Waals surface area (Å²) in [6.07, 6.45) is -1.31. The fourth-order valence-electron chi connectivity index (χ4n) is 6.30. The van der Waals surface area contributed by atoms with E-state index in [1.165, 1.54) is 4.57 Å². The van der Waals surface area contributed by atoms with Gasteiger partial charge in [0.1, 0.15) is 16.8 Å². The Hall–Kier alpha value is -4.13. The Morgan fingerprint density at radius 1 is 0.917 bits per heavy atom. The number of rotatable bonds is 3. The Bertz CT molecular complexity index is 1770. The average molecular weight is 673 g/mol. The van der Waals surface area contributed by atoms with E-state index in [2.05, 4.69) is 4.98 Å². The van der Waals surface area contributed by atoms with E-state index in [0.29, 0.717) is 47.6 Å². The number of pyridine rings is 1. The molecule has 10 nitrogen and oxygen atoms in total. The standard InChI is InChI=1S/C35H43F3N4O6/c1-20-18-42(31(45)48-33(5,6)7)28-25(20)16-22(17-39-28)21-14-23-19-40(29(43)34(8,46)35(36,37)38)13-11-24(23)26(15-21)27-10-9-12-41(27)30(44)47-32(2,3)4/h14-18,27,46H,9-13,19H2,1-8H3/t27-,34?/m0/s1. The van der Waals surface area contributed by atoms with E-state index in [0.717, 1.165) is 28.0 Å². The second-order valence-corrected chi connectivity index (χ2v) is 14.8. The van der Waals surface area contributed by atoms with Crippen LogP contribution in [0.3, 0.4) is 0 Å². The maximum absolute atomic E-state index is 13.6. The maximum atomic E-state index is 13.6. The SMILES string of the molecule is Cc1cn(C(=O)OC(C)(C)C)c2ncc(-c3cc4c(c([C@@H]5CCCN5C(=O)OC(C)(C)C)c3)CCN(C(=O)C(C)(O)C(F)(F)F)C4)cc12. The average Bonchev–Trinajstić information content (AvgIpc) is 3.58. The Morgan fingerprint density at radius 2 is 1.56 bits per heavy atom. The van der Waals surface area contributed by atoms with Crippen LogP contribution in [0.4, 0.5) is 22.8 Å². The zero-order valence-corrected chi connectivity index (χ0v) is 28.6. The van der Waals surface area contributed by atoms with Crippen molar-refractivity contribution in [1.29, 1.82) is 0 Å². The molecule has 0 saturated carbocycles. The van der Waals surface area contributed by atoms with Crippen LogP contribution in [0.5, 0.6) is 0 Å². The lowest BCUT2D eigenvalue weighted by Crippen LogP contribution is -2.56. The number of carbonyl (C=O) groups is 3. The summed E-state index contributed by atoms with van der Waals surface area (Å²) in [7, 11) is 0. The number of benzene rings is 1. The summed E-state index contributed by atoms with van der Waals surface area (Å²) in [6, 6.07) is 5.31. The number of hydrogen-bond acceptors (Lipinski definition) is 7. The van der Waals surface area contributed by atoms with Gasteiger partial charge < -0.3 is 24.4 Å². The minimum absolute atomic E-state index is 0.0333. The van der Waals surface area contributed by atoms with Crippen molar-refractivity contribution in [2.45, 2.75) is 110 Å². The largest absolute Gasteiger partial charge is 0.444 e. The molecule has 2 amide bonds. The van der Waals surface area contributed by atoms with Gasteiger partial charge in [0.15, 0.2) is 0 Å². The van der Waals surface area contributed by atoms with Gasteiger partial charge in [-0.25, -0.2) is 19.1 Å². The van der Waals surface area contributed by atoms with Crippen LogP contribution in [-0.2, 0) is 27.2 Å². The minimum Gasteiger partial charge on any atom is -0.444 e. The lowest BCUT2D eigenvalue weighted by atomic mass is 9.86. The highest BCUT2D eigenvalue weighted by Gasteiger charge is 2.57. The maximum Gasteiger partial charge on any atom is 0.426 e. The van der Waals surface area contributed by atoms with E-state index < -0.39 is 41.1 Å². The highest BCUT2D eigenvalue weighted by molar-refractivity contribution is 5.92. The first-order valence-electron chi connectivity index (χ1n) is 16.0. The van der Waals surface area contributed by atoms with Crippen molar-refractivity contribution in [2.24, 2.45) is 0 Å². The zero-order chi connectivity index (χ0) is 35.6. The number of aliphatic hydroxyl groups is 1. The Balaban J connectivity index is 1.60. The molecule has 3 aromatic rings. The van der Waals surface area contributed by atoms with Gasteiger partial charge in [-0.3, -0.25) is 4.79 Å². The van der Waals surface area contributed by atoms with Crippen molar-refractivity contribution in [3.8, 4) is 11.1 Å². The molecule has 1 fully saturated rings. The highest BCUT2D eigenvalue weighted by atomic mass is 19.4. The molecule has 5 rings (SSSR count). The van der Waals surface area contributed by atoms with Gasteiger partial charge >= 0.3 is 18.4 Å². The molecule has 2 aliphatic rings. The first-order chi connectivity index (χ1) is 22.1. The molecule has 2 atom stereocenters. The molecule has 1 unspecified atom stereocenters. The number of halogens is 3. The van der Waals surface area contributed by atoms with Crippen LogP contribution < -0.4 is 0 Å². The van der Waals surface area contributed by atoms with Gasteiger partial charge in [0.2, 0.25) is 5.60 Å². The molecule has 4 heterocycles. The molecule has 2 aliphatic heterocycles. The highest BCUT2D eigenvalue weighted by Crippen LogP contribution is 2.41. The summed E-state index contributed by atoms with van der Waals surface area (Å²) in [6.45, 7) is 13.3. The van der Waals surface area contributed by atoms with Gasteiger partial charge in [0.25, 0.3) is 5.91 Å². The van der Waals surface area contributed by atoms with Crippen LogP contribution in [0.1, 0.15) is 89.6 Å². The molecule has 0 radical (unpaired) electrons. The number of hydrogen-bond donors (Lipinski definition) is 1. The molecule has 1 N–H and O–H groups in total. The predicted molar refractivity (Wildman–Crippen MR) is 172 cm³/mol. The molecule has 0 aliphatic carbocycles. The fourth-order valence-corrected chi connectivity index (χ4v) is 6.30. The van der Waals surface area contributed by atoms with Gasteiger partial charge in [-0.15, -0.1) is 0 Å². The van der Waals surface area contributed by atoms with E-state index in [-0.39, 0.29) is 25.6 Å². The summed E-state index contributed by atoms with van der Waals surface area (Å²) in [5.74, 6) is -1.42. The van der Waals surface area contributed by atoms with Crippen LogP contribution in [0.25, 0.3) is 22.2 Å². The molecule has 1 aromatic carbocycles. The van der Waals surface area contributed by atoms with Gasteiger partial charge in [0.05, 0.1) is 6.04 Å². The third-order valence-corrected chi connectivity index (χ3v) is 8.63. The second kappa shape index (κ2) is 12.1. The normalized spacial score (nSPS) is 18.5. The summed E-state index contributed by atoms with van der Waals surface area (Å²) in [4.78, 5) is 46.6. The van der Waals surface area contributed by atoms with Crippen molar-refractivity contribution >= 4 is 29.1 Å². The number of aromatic nitrogens is 2. The Kier molecular flexibility index (Phi) is 8.86. The number of ether oxygens (including phenoxy) is 2. The molecule has 0 spiro atoms. The number of alkyl halides is 3. The van der Waals surface area contributed by atoms with Gasteiger partial charge in [-0.05, 0) is 121 Å². The molecule has 2 aromatic heterocycles. The summed E-state index contributed by atoms with van der Waals surface area (Å²) < 4.78 is 53.5. The van der Waals surface area contributed by atoms with Crippen molar-refractivity contribution in [3.63, 3.8) is 0 Å². The molecule has 0 bridgehead atoms. The van der Waals surface area contributed by atoms with E-state index in [9.17, 15) is 32.7 Å². The topological polar surface area (TPSA) is 114 Å². The van der Waals surface area contributed by atoms with Crippen LogP contribution in [0, 0.1) is 6.92 Å². The minimum atomic E-state index is -5.15. The van der Waals surface area contributed by atoms with Crippen LogP contribution >= 0.6 is 0 Å². The van der Waals surface area contributed by atoms with Gasteiger partial charge in [-0.1, -0.05) is 0 Å². The summed E-state index contributed by atoms with van der Waals surface area (Å²) in [5.41, 5.74) is -0.159. The van der Waals surface area contributed by atoms with Crippen molar-refractivity contribution in [3.05, 3.63) is 52.8 Å². The van der Waals surface area contributed by atoms with E-state index in [1.54, 1.807) is 58.8 Å². The fraction of sp³-hybridized carbons (Fsp3) is 0.543. The third kappa shape index (κ3) is 6.87. The first-order valence-corrected chi connectivity index (χ1v) is 16.0. The van der Waals surface area contributed by atoms with Crippen LogP contribution in [-0.4, -0.2) is 78.6 Å². The van der Waals surface area contributed by atoms with Crippen molar-refractivity contribution in [2.75, 3.05) is 13.1 Å². The molecular weight excluding hydrogens is 629 g/mol. The second-order valence-electron chi connectivity index (χ2n) is 14.8. The number of fused-ring (bicyclic) bond motifs is 2. The molecule has 260 valence electrons. The number of likely N-dealkylation sites (tertiary alicyclic amines) is 1. The lowest BCUT2D eigenvalue weighted by molar-refractivity contribution is -0.250. The molecule has 13 heteroatoms. The third-order valence-electron chi connectivity index (χ3n) is 8.63. The molecule has 48 heavy (non-hydrogen) atoms. The van der Waals surface area contributed by atoms with E-state index >= 15 is 0 Å². The predicted octanol–water partition coefficient (Wildman–Crippen LogP) is 7.06. The van der Waals surface area contributed by atoms with Crippen molar-refractivity contribution in [1.82, 2.24) is 19.4 Å². The van der Waals surface area contributed by atoms with Gasteiger partial charge in [-0.2, -0.15) is 13.2 Å². The zero-order valence-electron chi connectivity index (χ0n) is 28.6. The molecule has 1 saturated heterocycles. The number of amides is 2. The molecular formula is C35H43F3N4O6. The Morgan fingerprint density at radius 3 is 2.19 bits per heavy atom. The van der Waals surface area contributed by atoms with Gasteiger partial charge in [0, 0.05) is 43.0 Å². The first kappa shape index (κ1) is 35.2. The number of aryl methyl sites for hydroxylation is 1. The van der Waals surface area contributed by atoms with E-state index in [1.807, 2.05) is 25.1 Å². The van der Waals surface area contributed by atoms with Crippen LogP contribution in [0.15, 0.2) is 30.6 Å². The Labute approximate surface area is 277 Å². The smallest absolute Gasteiger partial charge is 0.426 e. The number of carbonyl (C=O) groups excluding carboxylic acids is 3. The van der Waals surface area contributed by atoms with Crippen molar-refractivity contribution < 1.29 is 42.1 Å². The lowest BCUT2D eigenvalue weighted by Gasteiger charge is -2.37. The monoisotopic (exact) mass is 672 g/mol. The number of nitrogens with zero attached hydrogens (tertiary/aromatic N) is 4. The summed E-state index contributed by atoms with van der Waals surface area (Å²) in [5, 5.41) is 10.9.